The van der Waals surface area contributed by atoms with Crippen molar-refractivity contribution < 1.29 is 18.3 Å². The maximum Gasteiger partial charge on any atom is 0.421 e. The van der Waals surface area contributed by atoms with Gasteiger partial charge in [-0.3, -0.25) is 0 Å². The summed E-state index contributed by atoms with van der Waals surface area (Å²) in [5.74, 6) is 0. The Bertz CT molecular complexity index is 553. The highest BCUT2D eigenvalue weighted by molar-refractivity contribution is 9.10. The van der Waals surface area contributed by atoms with Gasteiger partial charge in [-0.1, -0.05) is 12.1 Å². The van der Waals surface area contributed by atoms with Crippen LogP contribution >= 0.6 is 15.9 Å². The Labute approximate surface area is 107 Å². The first-order valence-corrected chi connectivity index (χ1v) is 7.20. The molecule has 1 N–H and O–H groups in total. The molecule has 0 bridgehead atoms. The molecule has 0 saturated heterocycles. The molecule has 7 heteroatoms. The maximum atomic E-state index is 12.2. The van der Waals surface area contributed by atoms with Gasteiger partial charge in [0, 0.05) is 4.47 Å². The highest BCUT2D eigenvalue weighted by atomic mass is 79.9. The minimum absolute atomic E-state index is 0.0192. The van der Waals surface area contributed by atoms with Crippen LogP contribution in [0.25, 0.3) is 0 Å². The molecule has 1 aromatic rings. The standard InChI is InChI=1S/C10H10BrNO4S/c11-8-3-1-2-4-9(8)17(15,16)12(10(13)14)7-5-6-7/h1-4,7H,5-6H2,(H,13,14). The monoisotopic (exact) mass is 319 g/mol. The molecule has 1 aliphatic rings. The number of nitrogens with zero attached hydrogens (tertiary/aromatic N) is 1. The molecule has 1 aliphatic carbocycles. The number of rotatable bonds is 3. The lowest BCUT2D eigenvalue weighted by molar-refractivity contribution is 0.170. The SMILES string of the molecule is O=C(O)N(C1CC1)S(=O)(=O)c1ccccc1Br. The van der Waals surface area contributed by atoms with E-state index in [1.165, 1.54) is 6.07 Å². The van der Waals surface area contributed by atoms with Crippen molar-refractivity contribution in [2.24, 2.45) is 0 Å². The van der Waals surface area contributed by atoms with E-state index in [2.05, 4.69) is 15.9 Å². The van der Waals surface area contributed by atoms with E-state index in [-0.39, 0.29) is 4.90 Å². The van der Waals surface area contributed by atoms with Crippen LogP contribution < -0.4 is 0 Å². The molecule has 0 atom stereocenters. The molecule has 0 radical (unpaired) electrons. The lowest BCUT2D eigenvalue weighted by Gasteiger charge is -2.19. The van der Waals surface area contributed by atoms with Crippen LogP contribution in [0, 0.1) is 0 Å². The molecule has 1 saturated carbocycles. The molecule has 5 nitrogen and oxygen atoms in total. The lowest BCUT2D eigenvalue weighted by Crippen LogP contribution is -2.37. The van der Waals surface area contributed by atoms with Crippen LogP contribution in [-0.2, 0) is 10.0 Å². The summed E-state index contributed by atoms with van der Waals surface area (Å²) in [4.78, 5) is 11.0. The maximum absolute atomic E-state index is 12.2. The predicted molar refractivity (Wildman–Crippen MR) is 64.2 cm³/mol. The number of hydrogen-bond acceptors (Lipinski definition) is 3. The van der Waals surface area contributed by atoms with Gasteiger partial charge in [0.2, 0.25) is 0 Å². The van der Waals surface area contributed by atoms with Gasteiger partial charge in [0.05, 0.1) is 6.04 Å². The minimum atomic E-state index is -3.98. The number of hydrogen-bond donors (Lipinski definition) is 1. The average Bonchev–Trinajstić information content (AvgIpc) is 3.01. The zero-order valence-corrected chi connectivity index (χ0v) is 11.1. The fourth-order valence-electron chi connectivity index (χ4n) is 1.52. The number of benzene rings is 1. The smallest absolute Gasteiger partial charge is 0.421 e. The van der Waals surface area contributed by atoms with E-state index in [0.717, 1.165) is 0 Å². The molecule has 0 aromatic heterocycles. The topological polar surface area (TPSA) is 74.7 Å². The van der Waals surface area contributed by atoms with Crippen molar-refractivity contribution in [1.29, 1.82) is 0 Å². The van der Waals surface area contributed by atoms with Gasteiger partial charge in [-0.2, -0.15) is 4.31 Å². The van der Waals surface area contributed by atoms with Gasteiger partial charge in [-0.05, 0) is 40.9 Å². The van der Waals surface area contributed by atoms with Gasteiger partial charge in [0.15, 0.2) is 0 Å². The number of halogens is 1. The van der Waals surface area contributed by atoms with E-state index >= 15 is 0 Å². The van der Waals surface area contributed by atoms with Crippen LogP contribution in [0.1, 0.15) is 12.8 Å². The van der Waals surface area contributed by atoms with Gasteiger partial charge >= 0.3 is 6.09 Å². The Morgan fingerprint density at radius 3 is 2.41 bits per heavy atom. The zero-order chi connectivity index (χ0) is 12.6. The van der Waals surface area contributed by atoms with Crippen molar-refractivity contribution in [2.45, 2.75) is 23.8 Å². The van der Waals surface area contributed by atoms with E-state index in [1.54, 1.807) is 18.2 Å². The van der Waals surface area contributed by atoms with Crippen LogP contribution in [0.3, 0.4) is 0 Å². The fraction of sp³-hybridized carbons (Fsp3) is 0.300. The van der Waals surface area contributed by atoms with Crippen LogP contribution in [-0.4, -0.2) is 30.0 Å². The predicted octanol–water partition coefficient (Wildman–Crippen LogP) is 2.28. The summed E-state index contributed by atoms with van der Waals surface area (Å²) in [7, 11) is -3.98. The molecule has 17 heavy (non-hydrogen) atoms. The summed E-state index contributed by atoms with van der Waals surface area (Å²) >= 11 is 3.12. The average molecular weight is 320 g/mol. The van der Waals surface area contributed by atoms with Crippen molar-refractivity contribution in [3.8, 4) is 0 Å². The Balaban J connectivity index is 2.48. The quantitative estimate of drug-likeness (QED) is 0.927. The molecular formula is C10H10BrNO4S. The molecule has 1 aromatic carbocycles. The van der Waals surface area contributed by atoms with E-state index in [4.69, 9.17) is 5.11 Å². The van der Waals surface area contributed by atoms with Crippen molar-refractivity contribution in [1.82, 2.24) is 4.31 Å². The van der Waals surface area contributed by atoms with Gasteiger partial charge < -0.3 is 5.11 Å². The molecule has 92 valence electrons. The lowest BCUT2D eigenvalue weighted by atomic mass is 10.4. The normalized spacial score (nSPS) is 15.6. The highest BCUT2D eigenvalue weighted by Crippen LogP contribution is 2.34. The molecule has 0 unspecified atom stereocenters. The largest absolute Gasteiger partial charge is 0.464 e. The first-order valence-electron chi connectivity index (χ1n) is 4.96. The van der Waals surface area contributed by atoms with Gasteiger partial charge in [-0.15, -0.1) is 0 Å². The van der Waals surface area contributed by atoms with Gasteiger partial charge in [0.25, 0.3) is 10.0 Å². The summed E-state index contributed by atoms with van der Waals surface area (Å²) in [6.45, 7) is 0. The summed E-state index contributed by atoms with van der Waals surface area (Å²) in [5, 5.41) is 9.00. The molecule has 2 rings (SSSR count). The van der Waals surface area contributed by atoms with E-state index in [1.807, 2.05) is 0 Å². The highest BCUT2D eigenvalue weighted by Gasteiger charge is 2.42. The molecule has 0 spiro atoms. The van der Waals surface area contributed by atoms with Crippen molar-refractivity contribution in [2.75, 3.05) is 0 Å². The van der Waals surface area contributed by atoms with Crippen LogP contribution in [0.4, 0.5) is 4.79 Å². The zero-order valence-electron chi connectivity index (χ0n) is 8.71. The van der Waals surface area contributed by atoms with Crippen molar-refractivity contribution >= 4 is 32.0 Å². The molecule has 0 aliphatic heterocycles. The third kappa shape index (κ3) is 2.30. The summed E-state index contributed by atoms with van der Waals surface area (Å²) in [6.07, 6.45) is -0.241. The number of sulfonamides is 1. The van der Waals surface area contributed by atoms with Crippen LogP contribution in [0.15, 0.2) is 33.6 Å². The van der Waals surface area contributed by atoms with Gasteiger partial charge in [-0.25, -0.2) is 13.2 Å². The molecule has 0 heterocycles. The molecular weight excluding hydrogens is 310 g/mol. The van der Waals surface area contributed by atoms with E-state index in [9.17, 15) is 13.2 Å². The van der Waals surface area contributed by atoms with E-state index < -0.39 is 22.2 Å². The summed E-state index contributed by atoms with van der Waals surface area (Å²) < 4.78 is 25.3. The summed E-state index contributed by atoms with van der Waals surface area (Å²) in [6, 6.07) is 5.78. The Morgan fingerprint density at radius 1 is 1.35 bits per heavy atom. The first-order chi connectivity index (χ1) is 7.94. The second kappa shape index (κ2) is 4.30. The number of carboxylic acid groups (broad SMARTS) is 1. The minimum Gasteiger partial charge on any atom is -0.464 e. The van der Waals surface area contributed by atoms with Crippen LogP contribution in [0.5, 0.6) is 0 Å². The van der Waals surface area contributed by atoms with Crippen LogP contribution in [0.2, 0.25) is 0 Å². The van der Waals surface area contributed by atoms with E-state index in [0.29, 0.717) is 21.6 Å². The Kier molecular flexibility index (Phi) is 3.13. The second-order valence-corrected chi connectivity index (χ2v) is 6.38. The Hall–Kier alpha value is -1.08. The van der Waals surface area contributed by atoms with Crippen molar-refractivity contribution in [3.63, 3.8) is 0 Å². The third-order valence-corrected chi connectivity index (χ3v) is 5.28. The second-order valence-electron chi connectivity index (χ2n) is 3.75. The molecule has 1 amide bonds. The fourth-order valence-corrected chi connectivity index (χ4v) is 4.01. The molecule has 1 fully saturated rings. The van der Waals surface area contributed by atoms with Crippen molar-refractivity contribution in [3.05, 3.63) is 28.7 Å². The first kappa shape index (κ1) is 12.4. The number of amides is 1. The van der Waals surface area contributed by atoms with Gasteiger partial charge in [0.1, 0.15) is 4.90 Å². The third-order valence-electron chi connectivity index (χ3n) is 2.44. The summed E-state index contributed by atoms with van der Waals surface area (Å²) in [5.41, 5.74) is 0. The number of carbonyl (C=O) groups is 1. The Morgan fingerprint density at radius 2 is 1.94 bits per heavy atom.